The highest BCUT2D eigenvalue weighted by molar-refractivity contribution is 7.98. The van der Waals surface area contributed by atoms with Gasteiger partial charge in [-0.2, -0.15) is 17.5 Å². The lowest BCUT2D eigenvalue weighted by Crippen LogP contribution is -2.26. The van der Waals surface area contributed by atoms with Crippen LogP contribution in [0.25, 0.3) is 16.3 Å². The van der Waals surface area contributed by atoms with Crippen LogP contribution in [0.2, 0.25) is 0 Å². The maximum Gasteiger partial charge on any atom is 0.432 e. The zero-order valence-electron chi connectivity index (χ0n) is 16.2. The van der Waals surface area contributed by atoms with E-state index >= 15 is 0 Å². The first-order chi connectivity index (χ1) is 14.4. The lowest BCUT2D eigenvalue weighted by Gasteiger charge is -2.10. The fourth-order valence-corrected chi connectivity index (χ4v) is 3.66. The van der Waals surface area contributed by atoms with Gasteiger partial charge < -0.3 is 10.1 Å². The summed E-state index contributed by atoms with van der Waals surface area (Å²) in [6, 6.07) is 5.85. The first-order valence-corrected chi connectivity index (χ1v) is 12.4. The summed E-state index contributed by atoms with van der Waals surface area (Å²) in [7, 11) is -3.47. The number of rotatable bonds is 9. The van der Waals surface area contributed by atoms with E-state index in [1.807, 2.05) is 0 Å². The molecule has 0 aliphatic carbocycles. The number of nitrogens with zero attached hydrogens (tertiary/aromatic N) is 2. The van der Waals surface area contributed by atoms with Gasteiger partial charge in [0.15, 0.2) is 15.7 Å². The van der Waals surface area contributed by atoms with Crippen molar-refractivity contribution in [3.05, 3.63) is 36.2 Å². The molecular formula is C17H17F3N4O4S3. The quantitative estimate of drug-likeness (QED) is 0.310. The molecule has 0 fully saturated rings. The molecule has 0 unspecified atom stereocenters. The normalized spacial score (nSPS) is 12.5. The number of thioether (sulfide) groups is 1. The van der Waals surface area contributed by atoms with Gasteiger partial charge in [0.25, 0.3) is 0 Å². The average molecular weight is 495 g/mol. The van der Waals surface area contributed by atoms with Crippen molar-refractivity contribution >= 4 is 50.5 Å². The number of nitrogens with one attached hydrogen (secondary N) is 2. The molecule has 0 aliphatic heterocycles. The molecule has 168 valence electrons. The molecule has 2 rings (SSSR count). The second-order valence-corrected chi connectivity index (χ2v) is 9.55. The molecule has 8 nitrogen and oxygen atoms in total. The minimum atomic E-state index is -4.91. The van der Waals surface area contributed by atoms with Crippen LogP contribution in [0.4, 0.5) is 13.2 Å². The van der Waals surface area contributed by atoms with Gasteiger partial charge in [0.05, 0.1) is 10.6 Å². The minimum Gasteiger partial charge on any atom is -0.453 e. The number of alkyl halides is 3. The maximum atomic E-state index is 12.8. The molecule has 0 saturated heterocycles. The van der Waals surface area contributed by atoms with Crippen LogP contribution in [-0.4, -0.2) is 60.6 Å². The summed E-state index contributed by atoms with van der Waals surface area (Å²) < 4.78 is 70.8. The summed E-state index contributed by atoms with van der Waals surface area (Å²) in [5.74, 6) is -0.820. The summed E-state index contributed by atoms with van der Waals surface area (Å²) >= 11 is 2.07. The molecule has 2 aromatic rings. The van der Waals surface area contributed by atoms with Crippen molar-refractivity contribution in [1.29, 1.82) is 5.41 Å². The zero-order chi connectivity index (χ0) is 23.2. The Morgan fingerprint density at radius 3 is 2.71 bits per heavy atom. The van der Waals surface area contributed by atoms with Crippen LogP contribution >= 0.6 is 23.3 Å². The van der Waals surface area contributed by atoms with E-state index < -0.39 is 34.2 Å². The number of carbonyl (C=O) groups excluding carboxylic acids is 1. The Balaban J connectivity index is 2.35. The van der Waals surface area contributed by atoms with Crippen LogP contribution < -0.4 is 5.32 Å². The first kappa shape index (κ1) is 24.8. The van der Waals surface area contributed by atoms with Gasteiger partial charge in [0.2, 0.25) is 0 Å². The van der Waals surface area contributed by atoms with Crippen LogP contribution in [0.5, 0.6) is 0 Å². The van der Waals surface area contributed by atoms with Crippen molar-refractivity contribution in [2.24, 2.45) is 0 Å². The van der Waals surface area contributed by atoms with Gasteiger partial charge in [-0.25, -0.2) is 13.4 Å². The Morgan fingerprint density at radius 2 is 2.10 bits per heavy atom. The van der Waals surface area contributed by atoms with Crippen LogP contribution in [-0.2, 0) is 19.4 Å². The third-order valence-electron chi connectivity index (χ3n) is 3.53. The lowest BCUT2D eigenvalue weighted by atomic mass is 10.2. The summed E-state index contributed by atoms with van der Waals surface area (Å²) in [5.41, 5.74) is -1.57. The first-order valence-electron chi connectivity index (χ1n) is 8.32. The second-order valence-electron chi connectivity index (χ2n) is 5.97. The number of aromatic nitrogens is 2. The van der Waals surface area contributed by atoms with Crippen molar-refractivity contribution in [2.75, 3.05) is 25.0 Å². The van der Waals surface area contributed by atoms with Crippen molar-refractivity contribution in [2.45, 2.75) is 11.1 Å². The number of ether oxygens (including phenoxy) is 1. The summed E-state index contributed by atoms with van der Waals surface area (Å²) in [6.45, 7) is -0.463. The third-order valence-corrected chi connectivity index (χ3v) is 5.76. The highest BCUT2D eigenvalue weighted by Crippen LogP contribution is 2.26. The fourth-order valence-electron chi connectivity index (χ4n) is 2.07. The number of hydrogen-bond acceptors (Lipinski definition) is 10. The van der Waals surface area contributed by atoms with Crippen molar-refractivity contribution in [1.82, 2.24) is 14.7 Å². The fraction of sp³-hybridized carbons (Fsp3) is 0.294. The molecule has 0 spiro atoms. The zero-order valence-corrected chi connectivity index (χ0v) is 18.6. The number of halogens is 3. The molecule has 0 aliphatic rings. The second kappa shape index (κ2) is 10.2. The molecule has 1 aromatic carbocycles. The van der Waals surface area contributed by atoms with Gasteiger partial charge in [0.1, 0.15) is 23.2 Å². The molecule has 0 amide bonds. The topological polar surface area (TPSA) is 122 Å². The Hall–Kier alpha value is -2.45. The summed E-state index contributed by atoms with van der Waals surface area (Å²) in [4.78, 5) is 15.9. The summed E-state index contributed by atoms with van der Waals surface area (Å²) in [6.07, 6.45) is -1.69. The molecule has 0 bridgehead atoms. The van der Waals surface area contributed by atoms with E-state index in [0.717, 1.165) is 17.8 Å². The molecular weight excluding hydrogens is 477 g/mol. The molecule has 0 saturated carbocycles. The van der Waals surface area contributed by atoms with Crippen molar-refractivity contribution in [3.8, 4) is 10.6 Å². The van der Waals surface area contributed by atoms with Gasteiger partial charge >= 0.3 is 12.1 Å². The van der Waals surface area contributed by atoms with Gasteiger partial charge in [-0.15, -0.1) is 11.8 Å². The third kappa shape index (κ3) is 7.33. The largest absolute Gasteiger partial charge is 0.453 e. The summed E-state index contributed by atoms with van der Waals surface area (Å²) in [5, 5.41) is 9.92. The van der Waals surface area contributed by atoms with E-state index in [1.54, 1.807) is 12.3 Å². The molecule has 1 heterocycles. The van der Waals surface area contributed by atoms with Crippen molar-refractivity contribution < 1.29 is 31.1 Å². The highest BCUT2D eigenvalue weighted by atomic mass is 32.2. The predicted molar refractivity (Wildman–Crippen MR) is 113 cm³/mol. The van der Waals surface area contributed by atoms with Gasteiger partial charge in [-0.05, 0) is 36.0 Å². The number of hydrogen-bond donors (Lipinski definition) is 2. The van der Waals surface area contributed by atoms with Crippen molar-refractivity contribution in [3.63, 3.8) is 0 Å². The molecule has 31 heavy (non-hydrogen) atoms. The van der Waals surface area contributed by atoms with E-state index in [1.165, 1.54) is 30.0 Å². The van der Waals surface area contributed by atoms with E-state index in [4.69, 9.17) is 10.1 Å². The van der Waals surface area contributed by atoms with Crippen LogP contribution in [0, 0.1) is 5.41 Å². The van der Waals surface area contributed by atoms with Gasteiger partial charge in [-0.3, -0.25) is 10.2 Å². The number of sulfone groups is 1. The smallest absolute Gasteiger partial charge is 0.432 e. The van der Waals surface area contributed by atoms with E-state index in [0.29, 0.717) is 11.6 Å². The van der Waals surface area contributed by atoms with E-state index in [-0.39, 0.29) is 27.4 Å². The van der Waals surface area contributed by atoms with Gasteiger partial charge in [0, 0.05) is 11.8 Å². The SMILES string of the molecule is CSCOC(=O)CN/C(=C\C(=N)C(F)(F)F)c1nsc(-c2cccc(S(C)(=O)=O)c2)n1. The standard InChI is InChI=1S/C17H17F3N4O4S3/c1-29-9-28-14(25)8-22-12(7-13(21)17(18,19)20)15-23-16(30-24-15)10-4-3-5-11(6-10)31(2,26)27/h3-7,21-22H,8-9H2,1-2H3/b12-7-,21-13?. The number of benzene rings is 1. The Bertz CT molecular complexity index is 1100. The molecule has 14 heteroatoms. The monoisotopic (exact) mass is 494 g/mol. The van der Waals surface area contributed by atoms with E-state index in [9.17, 15) is 26.4 Å². The number of esters is 1. The molecule has 0 radical (unpaired) electrons. The molecule has 2 N–H and O–H groups in total. The lowest BCUT2D eigenvalue weighted by molar-refractivity contribution is -0.140. The minimum absolute atomic E-state index is 0.0472. The molecule has 1 aromatic heterocycles. The molecule has 0 atom stereocenters. The van der Waals surface area contributed by atoms with E-state index in [2.05, 4.69) is 14.7 Å². The average Bonchev–Trinajstić information content (AvgIpc) is 3.18. The van der Waals surface area contributed by atoms with Crippen LogP contribution in [0.1, 0.15) is 5.82 Å². The van der Waals surface area contributed by atoms with Crippen LogP contribution in [0.15, 0.2) is 35.2 Å². The number of allylic oxidation sites excluding steroid dienone is 1. The maximum absolute atomic E-state index is 12.8. The van der Waals surface area contributed by atoms with Crippen LogP contribution in [0.3, 0.4) is 0 Å². The highest BCUT2D eigenvalue weighted by Gasteiger charge is 2.33. The Kier molecular flexibility index (Phi) is 8.20. The Labute approximate surface area is 184 Å². The number of carbonyl (C=O) groups is 1. The Morgan fingerprint density at radius 1 is 1.39 bits per heavy atom. The predicted octanol–water partition coefficient (Wildman–Crippen LogP) is 2.98. The van der Waals surface area contributed by atoms with Gasteiger partial charge in [-0.1, -0.05) is 12.1 Å².